The number of rotatable bonds is 5. The molecule has 1 N–H and O–H groups in total. The van der Waals surface area contributed by atoms with Gasteiger partial charge in [-0.1, -0.05) is 30.3 Å². The smallest absolute Gasteiger partial charge is 0.243 e. The van der Waals surface area contributed by atoms with Crippen molar-refractivity contribution in [3.05, 3.63) is 54.1 Å². The summed E-state index contributed by atoms with van der Waals surface area (Å²) in [5, 5.41) is 2.96. The zero-order valence-electron chi connectivity index (χ0n) is 16.7. The van der Waals surface area contributed by atoms with E-state index in [1.165, 1.54) is 10.4 Å². The van der Waals surface area contributed by atoms with Gasteiger partial charge in [0.15, 0.2) is 11.5 Å². The minimum absolute atomic E-state index is 0.0218. The Labute approximate surface area is 177 Å². The number of fused-ring (bicyclic) bond motifs is 1. The second-order valence-electron chi connectivity index (χ2n) is 7.54. The molecule has 0 spiro atoms. The van der Waals surface area contributed by atoms with Crippen LogP contribution in [0.4, 0.5) is 0 Å². The highest BCUT2D eigenvalue weighted by molar-refractivity contribution is 7.89. The average Bonchev–Trinajstić information content (AvgIpc) is 3.03. The van der Waals surface area contributed by atoms with Gasteiger partial charge < -0.3 is 14.8 Å². The van der Waals surface area contributed by atoms with E-state index < -0.39 is 10.0 Å². The molecule has 4 rings (SSSR count). The van der Waals surface area contributed by atoms with Crippen molar-refractivity contribution in [1.82, 2.24) is 9.62 Å². The van der Waals surface area contributed by atoms with Crippen molar-refractivity contribution in [1.29, 1.82) is 0 Å². The minimum Gasteiger partial charge on any atom is -0.490 e. The molecular formula is C22H26N2O5S. The molecule has 0 aliphatic carbocycles. The van der Waals surface area contributed by atoms with E-state index in [1.807, 2.05) is 30.3 Å². The molecule has 0 atom stereocenters. The second-order valence-corrected chi connectivity index (χ2v) is 9.48. The summed E-state index contributed by atoms with van der Waals surface area (Å²) in [6.07, 6.45) is 1.77. The van der Waals surface area contributed by atoms with Crippen LogP contribution in [0, 0.1) is 5.92 Å². The van der Waals surface area contributed by atoms with E-state index in [2.05, 4.69) is 5.32 Å². The summed E-state index contributed by atoms with van der Waals surface area (Å²) in [4.78, 5) is 12.7. The first-order valence-electron chi connectivity index (χ1n) is 10.3. The summed E-state index contributed by atoms with van der Waals surface area (Å²) in [6.45, 7) is 2.18. The Hall–Kier alpha value is -2.58. The maximum absolute atomic E-state index is 13.1. The Bertz CT molecular complexity index is 986. The third kappa shape index (κ3) is 4.60. The second kappa shape index (κ2) is 9.06. The van der Waals surface area contributed by atoms with Gasteiger partial charge in [-0.3, -0.25) is 4.79 Å². The quantitative estimate of drug-likeness (QED) is 0.788. The van der Waals surface area contributed by atoms with Crippen molar-refractivity contribution in [3.8, 4) is 11.5 Å². The van der Waals surface area contributed by atoms with Gasteiger partial charge in [0.1, 0.15) is 0 Å². The first-order valence-corrected chi connectivity index (χ1v) is 11.7. The lowest BCUT2D eigenvalue weighted by Crippen LogP contribution is -2.42. The summed E-state index contributed by atoms with van der Waals surface area (Å²) >= 11 is 0. The molecule has 1 saturated heterocycles. The Balaban J connectivity index is 1.36. The van der Waals surface area contributed by atoms with E-state index in [-0.39, 0.29) is 16.7 Å². The monoisotopic (exact) mass is 430 g/mol. The van der Waals surface area contributed by atoms with E-state index in [4.69, 9.17) is 9.47 Å². The van der Waals surface area contributed by atoms with Crippen molar-refractivity contribution in [2.45, 2.75) is 30.7 Å². The Morgan fingerprint density at radius 2 is 1.70 bits per heavy atom. The summed E-state index contributed by atoms with van der Waals surface area (Å²) in [6, 6.07) is 14.5. The highest BCUT2D eigenvalue weighted by Crippen LogP contribution is 2.33. The number of carbonyl (C=O) groups excluding carboxylic acids is 1. The molecule has 2 aliphatic heterocycles. The highest BCUT2D eigenvalue weighted by Gasteiger charge is 2.32. The van der Waals surface area contributed by atoms with Crippen LogP contribution in [-0.4, -0.2) is 44.9 Å². The summed E-state index contributed by atoms with van der Waals surface area (Å²) in [5.41, 5.74) is 1.04. The van der Waals surface area contributed by atoms with Crippen molar-refractivity contribution in [2.75, 3.05) is 26.3 Å². The van der Waals surface area contributed by atoms with E-state index in [9.17, 15) is 13.2 Å². The topological polar surface area (TPSA) is 84.9 Å². The van der Waals surface area contributed by atoms with Gasteiger partial charge in [0.25, 0.3) is 0 Å². The molecule has 7 nitrogen and oxygen atoms in total. The van der Waals surface area contributed by atoms with Gasteiger partial charge in [0.05, 0.1) is 18.1 Å². The number of sulfonamides is 1. The van der Waals surface area contributed by atoms with Crippen molar-refractivity contribution < 1.29 is 22.7 Å². The predicted octanol–water partition coefficient (Wildman–Crippen LogP) is 2.57. The molecule has 30 heavy (non-hydrogen) atoms. The number of hydrogen-bond donors (Lipinski definition) is 1. The molecule has 0 unspecified atom stereocenters. The number of piperidine rings is 1. The third-order valence-corrected chi connectivity index (χ3v) is 7.39. The maximum atomic E-state index is 13.1. The number of hydrogen-bond acceptors (Lipinski definition) is 5. The summed E-state index contributed by atoms with van der Waals surface area (Å²) in [5.74, 6) is 0.833. The predicted molar refractivity (Wildman–Crippen MR) is 112 cm³/mol. The van der Waals surface area contributed by atoms with E-state index in [0.29, 0.717) is 57.2 Å². The van der Waals surface area contributed by atoms with Gasteiger partial charge in [0, 0.05) is 38.0 Å². The molecular weight excluding hydrogens is 404 g/mol. The number of nitrogens with one attached hydrogen (secondary N) is 1. The molecule has 2 heterocycles. The largest absolute Gasteiger partial charge is 0.490 e. The van der Waals surface area contributed by atoms with E-state index in [0.717, 1.165) is 12.0 Å². The van der Waals surface area contributed by atoms with Crippen LogP contribution in [0.25, 0.3) is 0 Å². The molecule has 2 aromatic carbocycles. The lowest BCUT2D eigenvalue weighted by atomic mass is 9.97. The van der Waals surface area contributed by atoms with Crippen LogP contribution in [0.1, 0.15) is 24.8 Å². The van der Waals surface area contributed by atoms with Crippen LogP contribution < -0.4 is 14.8 Å². The highest BCUT2D eigenvalue weighted by atomic mass is 32.2. The molecule has 160 valence electrons. The zero-order chi connectivity index (χ0) is 21.0. The fourth-order valence-electron chi connectivity index (χ4n) is 3.74. The van der Waals surface area contributed by atoms with Gasteiger partial charge in [0.2, 0.25) is 15.9 Å². The molecule has 2 aromatic rings. The van der Waals surface area contributed by atoms with Crippen LogP contribution in [-0.2, 0) is 21.4 Å². The lowest BCUT2D eigenvalue weighted by molar-refractivity contribution is -0.126. The standard InChI is InChI=1S/C22H26N2O5S/c25-22(23-16-17-5-2-1-3-6-17)18-9-11-24(12-10-18)30(26,27)19-7-8-20-21(15-19)29-14-4-13-28-20/h1-3,5-8,15,18H,4,9-14,16H2,(H,23,25). The number of benzene rings is 2. The molecule has 1 fully saturated rings. The van der Waals surface area contributed by atoms with E-state index >= 15 is 0 Å². The summed E-state index contributed by atoms with van der Waals surface area (Å²) in [7, 11) is -3.65. The number of amides is 1. The van der Waals surface area contributed by atoms with Crippen molar-refractivity contribution in [2.24, 2.45) is 5.92 Å². The SMILES string of the molecule is O=C(NCc1ccccc1)C1CCN(S(=O)(=O)c2ccc3c(c2)OCCCO3)CC1. The average molecular weight is 431 g/mol. The van der Waals surface area contributed by atoms with Gasteiger partial charge in [-0.25, -0.2) is 8.42 Å². The van der Waals surface area contributed by atoms with Gasteiger partial charge in [-0.2, -0.15) is 4.31 Å². The normalized spacial score (nSPS) is 17.9. The van der Waals surface area contributed by atoms with Gasteiger partial charge >= 0.3 is 0 Å². The van der Waals surface area contributed by atoms with Gasteiger partial charge in [-0.05, 0) is 30.5 Å². The Morgan fingerprint density at radius 1 is 1.00 bits per heavy atom. The Morgan fingerprint density at radius 3 is 2.43 bits per heavy atom. The van der Waals surface area contributed by atoms with Crippen LogP contribution in [0.3, 0.4) is 0 Å². The summed E-state index contributed by atoms with van der Waals surface area (Å²) < 4.78 is 38.8. The first-order chi connectivity index (χ1) is 14.5. The molecule has 1 amide bonds. The lowest BCUT2D eigenvalue weighted by Gasteiger charge is -2.30. The fraction of sp³-hybridized carbons (Fsp3) is 0.409. The molecule has 0 radical (unpaired) electrons. The molecule has 8 heteroatoms. The third-order valence-electron chi connectivity index (χ3n) is 5.49. The number of nitrogens with zero attached hydrogens (tertiary/aromatic N) is 1. The Kier molecular flexibility index (Phi) is 6.24. The molecule has 0 bridgehead atoms. The van der Waals surface area contributed by atoms with Crippen LogP contribution >= 0.6 is 0 Å². The molecule has 2 aliphatic rings. The molecule has 0 saturated carbocycles. The number of carbonyl (C=O) groups is 1. The zero-order valence-corrected chi connectivity index (χ0v) is 17.6. The molecule has 0 aromatic heterocycles. The van der Waals surface area contributed by atoms with Crippen LogP contribution in [0.5, 0.6) is 11.5 Å². The van der Waals surface area contributed by atoms with Gasteiger partial charge in [-0.15, -0.1) is 0 Å². The first kappa shape index (κ1) is 20.7. The van der Waals surface area contributed by atoms with Crippen molar-refractivity contribution in [3.63, 3.8) is 0 Å². The maximum Gasteiger partial charge on any atom is 0.243 e. The number of ether oxygens (including phenoxy) is 2. The minimum atomic E-state index is -3.65. The van der Waals surface area contributed by atoms with E-state index in [1.54, 1.807) is 12.1 Å². The van der Waals surface area contributed by atoms with Crippen LogP contribution in [0.2, 0.25) is 0 Å². The van der Waals surface area contributed by atoms with Crippen LogP contribution in [0.15, 0.2) is 53.4 Å². The fourth-order valence-corrected chi connectivity index (χ4v) is 5.23. The van der Waals surface area contributed by atoms with Crippen molar-refractivity contribution >= 4 is 15.9 Å².